The quantitative estimate of drug-likeness (QED) is 0.832. The maximum atomic E-state index is 5.75. The largest absolute Gasteiger partial charge is 0.399 e. The SMILES string of the molecule is CCN(Cc1ccc(N)cc1)C1CCC(C)C(C)C1. The lowest BCUT2D eigenvalue weighted by Gasteiger charge is -2.39. The molecule has 1 aromatic carbocycles. The molecule has 2 rings (SSSR count). The van der Waals surface area contributed by atoms with Crippen molar-refractivity contribution in [1.29, 1.82) is 0 Å². The van der Waals surface area contributed by atoms with Crippen LogP contribution < -0.4 is 5.73 Å². The van der Waals surface area contributed by atoms with Crippen molar-refractivity contribution in [3.63, 3.8) is 0 Å². The van der Waals surface area contributed by atoms with Crippen LogP contribution in [0.4, 0.5) is 5.69 Å². The number of rotatable bonds is 4. The van der Waals surface area contributed by atoms with Crippen molar-refractivity contribution in [3.05, 3.63) is 29.8 Å². The van der Waals surface area contributed by atoms with Crippen LogP contribution in [0.25, 0.3) is 0 Å². The zero-order chi connectivity index (χ0) is 13.8. The van der Waals surface area contributed by atoms with Crippen LogP contribution in [-0.4, -0.2) is 17.5 Å². The van der Waals surface area contributed by atoms with Gasteiger partial charge in [0.25, 0.3) is 0 Å². The van der Waals surface area contributed by atoms with Gasteiger partial charge in [-0.25, -0.2) is 0 Å². The Morgan fingerprint density at radius 1 is 1.11 bits per heavy atom. The smallest absolute Gasteiger partial charge is 0.0314 e. The average molecular weight is 260 g/mol. The molecule has 2 heteroatoms. The van der Waals surface area contributed by atoms with Crippen molar-refractivity contribution in [1.82, 2.24) is 4.90 Å². The molecule has 3 atom stereocenters. The molecule has 2 nitrogen and oxygen atoms in total. The Kier molecular flexibility index (Phi) is 4.87. The van der Waals surface area contributed by atoms with E-state index >= 15 is 0 Å². The van der Waals surface area contributed by atoms with Gasteiger partial charge in [0, 0.05) is 18.3 Å². The highest BCUT2D eigenvalue weighted by molar-refractivity contribution is 5.39. The topological polar surface area (TPSA) is 29.3 Å². The fraction of sp³-hybridized carbons (Fsp3) is 0.647. The van der Waals surface area contributed by atoms with Gasteiger partial charge in [0.15, 0.2) is 0 Å². The van der Waals surface area contributed by atoms with Crippen LogP contribution in [0.1, 0.15) is 45.6 Å². The highest BCUT2D eigenvalue weighted by atomic mass is 15.1. The van der Waals surface area contributed by atoms with Gasteiger partial charge in [-0.1, -0.05) is 32.9 Å². The Balaban J connectivity index is 1.98. The zero-order valence-electron chi connectivity index (χ0n) is 12.6. The summed E-state index contributed by atoms with van der Waals surface area (Å²) in [6, 6.07) is 9.09. The summed E-state index contributed by atoms with van der Waals surface area (Å²) in [5, 5.41) is 0. The standard InChI is InChI=1S/C17H28N2/c1-4-19(12-15-6-8-16(18)9-7-15)17-10-5-13(2)14(3)11-17/h6-9,13-14,17H,4-5,10-12,18H2,1-3H3. The number of nitrogens with zero attached hydrogens (tertiary/aromatic N) is 1. The van der Waals surface area contributed by atoms with E-state index in [1.807, 2.05) is 12.1 Å². The highest BCUT2D eigenvalue weighted by Gasteiger charge is 2.27. The molecular weight excluding hydrogens is 232 g/mol. The van der Waals surface area contributed by atoms with Gasteiger partial charge in [0.2, 0.25) is 0 Å². The van der Waals surface area contributed by atoms with Crippen molar-refractivity contribution in [2.75, 3.05) is 12.3 Å². The summed E-state index contributed by atoms with van der Waals surface area (Å²) in [5.74, 6) is 1.76. The number of hydrogen-bond acceptors (Lipinski definition) is 2. The van der Waals surface area contributed by atoms with Crippen molar-refractivity contribution in [2.24, 2.45) is 11.8 Å². The van der Waals surface area contributed by atoms with Gasteiger partial charge in [0.05, 0.1) is 0 Å². The minimum absolute atomic E-state index is 0.758. The van der Waals surface area contributed by atoms with Gasteiger partial charge in [-0.05, 0) is 55.3 Å². The van der Waals surface area contributed by atoms with Crippen LogP contribution >= 0.6 is 0 Å². The van der Waals surface area contributed by atoms with Crippen molar-refractivity contribution < 1.29 is 0 Å². The first kappa shape index (κ1) is 14.4. The molecular formula is C17H28N2. The van der Waals surface area contributed by atoms with Gasteiger partial charge in [-0.15, -0.1) is 0 Å². The predicted molar refractivity (Wildman–Crippen MR) is 82.9 cm³/mol. The fourth-order valence-corrected chi connectivity index (χ4v) is 3.21. The van der Waals surface area contributed by atoms with Crippen LogP contribution in [0.3, 0.4) is 0 Å². The molecule has 19 heavy (non-hydrogen) atoms. The molecule has 1 aromatic rings. The van der Waals surface area contributed by atoms with Gasteiger partial charge in [0.1, 0.15) is 0 Å². The summed E-state index contributed by atoms with van der Waals surface area (Å²) < 4.78 is 0. The van der Waals surface area contributed by atoms with Gasteiger partial charge < -0.3 is 5.73 Å². The summed E-state index contributed by atoms with van der Waals surface area (Å²) >= 11 is 0. The van der Waals surface area contributed by atoms with E-state index in [2.05, 4.69) is 37.8 Å². The minimum Gasteiger partial charge on any atom is -0.399 e. The highest BCUT2D eigenvalue weighted by Crippen LogP contribution is 2.32. The van der Waals surface area contributed by atoms with E-state index in [1.165, 1.54) is 24.8 Å². The Morgan fingerprint density at radius 2 is 1.79 bits per heavy atom. The predicted octanol–water partition coefficient (Wildman–Crippen LogP) is 3.92. The van der Waals surface area contributed by atoms with E-state index in [1.54, 1.807) is 0 Å². The summed E-state index contributed by atoms with van der Waals surface area (Å²) in [7, 11) is 0. The van der Waals surface area contributed by atoms with E-state index in [-0.39, 0.29) is 0 Å². The lowest BCUT2D eigenvalue weighted by atomic mass is 9.78. The van der Waals surface area contributed by atoms with E-state index in [0.29, 0.717) is 0 Å². The van der Waals surface area contributed by atoms with Crippen LogP contribution in [0.5, 0.6) is 0 Å². The second-order valence-corrected chi connectivity index (χ2v) is 6.23. The molecule has 1 saturated carbocycles. The molecule has 1 fully saturated rings. The molecule has 1 aliphatic carbocycles. The average Bonchev–Trinajstić information content (AvgIpc) is 2.41. The second kappa shape index (κ2) is 6.42. The molecule has 0 saturated heterocycles. The Labute approximate surface area is 118 Å². The molecule has 0 heterocycles. The molecule has 0 spiro atoms. The Morgan fingerprint density at radius 3 is 2.37 bits per heavy atom. The number of benzene rings is 1. The third-order valence-electron chi connectivity index (χ3n) is 4.86. The number of nitrogen functional groups attached to an aromatic ring is 1. The Hall–Kier alpha value is -1.02. The molecule has 0 aliphatic heterocycles. The summed E-state index contributed by atoms with van der Waals surface area (Å²) in [6.07, 6.45) is 4.09. The monoisotopic (exact) mass is 260 g/mol. The maximum absolute atomic E-state index is 5.75. The molecule has 1 aliphatic rings. The number of anilines is 1. The first-order valence-corrected chi connectivity index (χ1v) is 7.68. The third-order valence-corrected chi connectivity index (χ3v) is 4.86. The zero-order valence-corrected chi connectivity index (χ0v) is 12.6. The van der Waals surface area contributed by atoms with Crippen molar-refractivity contribution in [3.8, 4) is 0 Å². The summed E-state index contributed by atoms with van der Waals surface area (Å²) in [5.41, 5.74) is 7.98. The molecule has 2 N–H and O–H groups in total. The third kappa shape index (κ3) is 3.73. The lowest BCUT2D eigenvalue weighted by molar-refractivity contribution is 0.108. The second-order valence-electron chi connectivity index (χ2n) is 6.23. The Bertz CT molecular complexity index is 385. The fourth-order valence-electron chi connectivity index (χ4n) is 3.21. The van der Waals surface area contributed by atoms with Gasteiger partial charge in [-0.3, -0.25) is 4.90 Å². The normalized spacial score (nSPS) is 27.7. The first-order chi connectivity index (χ1) is 9.10. The van der Waals surface area contributed by atoms with Crippen LogP contribution in [0.15, 0.2) is 24.3 Å². The van der Waals surface area contributed by atoms with Crippen molar-refractivity contribution >= 4 is 5.69 Å². The minimum atomic E-state index is 0.758. The number of hydrogen-bond donors (Lipinski definition) is 1. The molecule has 0 aromatic heterocycles. The maximum Gasteiger partial charge on any atom is 0.0314 e. The number of nitrogens with two attached hydrogens (primary N) is 1. The molecule has 3 unspecified atom stereocenters. The summed E-state index contributed by atoms with van der Waals surface area (Å²) in [6.45, 7) is 9.28. The van der Waals surface area contributed by atoms with Crippen molar-refractivity contribution in [2.45, 2.75) is 52.6 Å². The molecule has 0 bridgehead atoms. The van der Waals surface area contributed by atoms with Crippen LogP contribution in [0.2, 0.25) is 0 Å². The van der Waals surface area contributed by atoms with E-state index in [0.717, 1.165) is 36.7 Å². The van der Waals surface area contributed by atoms with Gasteiger partial charge in [-0.2, -0.15) is 0 Å². The molecule has 0 amide bonds. The van der Waals surface area contributed by atoms with Crippen LogP contribution in [-0.2, 0) is 6.54 Å². The molecule has 106 valence electrons. The lowest BCUT2D eigenvalue weighted by Crippen LogP contribution is -2.39. The molecule has 0 radical (unpaired) electrons. The van der Waals surface area contributed by atoms with Gasteiger partial charge >= 0.3 is 0 Å². The van der Waals surface area contributed by atoms with Crippen LogP contribution in [0, 0.1) is 11.8 Å². The van der Waals surface area contributed by atoms with E-state index in [4.69, 9.17) is 5.73 Å². The first-order valence-electron chi connectivity index (χ1n) is 7.68. The van der Waals surface area contributed by atoms with E-state index < -0.39 is 0 Å². The van der Waals surface area contributed by atoms with E-state index in [9.17, 15) is 0 Å². The summed E-state index contributed by atoms with van der Waals surface area (Å²) in [4.78, 5) is 2.63.